The first-order chi connectivity index (χ1) is 19.2. The van der Waals surface area contributed by atoms with Crippen LogP contribution in [-0.4, -0.2) is 67.1 Å². The van der Waals surface area contributed by atoms with Gasteiger partial charge in [0, 0.05) is 49.3 Å². The third-order valence-corrected chi connectivity index (χ3v) is 8.18. The van der Waals surface area contributed by atoms with Gasteiger partial charge in [0.05, 0.1) is 19.2 Å². The number of rotatable bonds is 9. The molecule has 0 saturated carbocycles. The summed E-state index contributed by atoms with van der Waals surface area (Å²) in [6.45, 7) is 4.82. The van der Waals surface area contributed by atoms with Gasteiger partial charge in [-0.1, -0.05) is 48.5 Å². The Hall–Kier alpha value is -3.81. The van der Waals surface area contributed by atoms with Crippen molar-refractivity contribution in [3.8, 4) is 11.5 Å². The highest BCUT2D eigenvalue weighted by molar-refractivity contribution is 5.88. The van der Waals surface area contributed by atoms with E-state index in [0.717, 1.165) is 49.5 Å². The van der Waals surface area contributed by atoms with E-state index in [1.165, 1.54) is 22.2 Å². The minimum Gasteiger partial charge on any atom is -0.497 e. The zero-order valence-electron chi connectivity index (χ0n) is 22.5. The number of carbonyl (C=O) groups excluding carboxylic acids is 1. The molecule has 1 spiro atoms. The van der Waals surface area contributed by atoms with Crippen molar-refractivity contribution < 1.29 is 14.3 Å². The van der Waals surface area contributed by atoms with Crippen molar-refractivity contribution in [2.45, 2.75) is 24.9 Å². The van der Waals surface area contributed by atoms with E-state index >= 15 is 0 Å². The number of hydrogen-bond acceptors (Lipinski definition) is 5. The van der Waals surface area contributed by atoms with Crippen LogP contribution in [0.25, 0.3) is 10.9 Å². The fourth-order valence-corrected chi connectivity index (χ4v) is 6.25. The largest absolute Gasteiger partial charge is 0.497 e. The van der Waals surface area contributed by atoms with Gasteiger partial charge >= 0.3 is 0 Å². The molecule has 7 nitrogen and oxygen atoms in total. The molecule has 1 amide bonds. The van der Waals surface area contributed by atoms with E-state index < -0.39 is 5.54 Å². The number of H-pyrrole nitrogens is 1. The predicted octanol–water partition coefficient (Wildman–Crippen LogP) is 4.33. The monoisotopic (exact) mass is 524 g/mol. The van der Waals surface area contributed by atoms with Crippen LogP contribution < -0.4 is 14.8 Å². The summed E-state index contributed by atoms with van der Waals surface area (Å²) < 4.78 is 11.5. The standard InChI is InChI=1S/C32H36N4O3/c1-38-26-12-13-29-28(20-26)27-14-16-36(30(37)22-33-21-24-8-4-2-5-9-24)32(31(27)34-29)15-17-35(23-32)18-19-39-25-10-6-3-7-11-25/h2-13,20,33-34H,14-19,21-23H2,1H3. The molecule has 202 valence electrons. The summed E-state index contributed by atoms with van der Waals surface area (Å²) in [4.78, 5) is 22.1. The van der Waals surface area contributed by atoms with Crippen LogP contribution in [0, 0.1) is 0 Å². The second kappa shape index (κ2) is 11.1. The molecule has 6 rings (SSSR count). The second-order valence-electron chi connectivity index (χ2n) is 10.5. The van der Waals surface area contributed by atoms with Gasteiger partial charge in [-0.25, -0.2) is 0 Å². The average molecular weight is 525 g/mol. The van der Waals surface area contributed by atoms with Crippen molar-refractivity contribution in [2.24, 2.45) is 0 Å². The molecule has 0 aliphatic carbocycles. The number of nitrogens with zero attached hydrogens (tertiary/aromatic N) is 2. The Morgan fingerprint density at radius 3 is 2.59 bits per heavy atom. The molecule has 0 bridgehead atoms. The van der Waals surface area contributed by atoms with Crippen molar-refractivity contribution in [1.82, 2.24) is 20.1 Å². The molecular weight excluding hydrogens is 488 g/mol. The smallest absolute Gasteiger partial charge is 0.237 e. The highest BCUT2D eigenvalue weighted by atomic mass is 16.5. The van der Waals surface area contributed by atoms with Crippen molar-refractivity contribution in [3.05, 3.63) is 95.7 Å². The molecule has 4 aromatic rings. The van der Waals surface area contributed by atoms with Crippen molar-refractivity contribution in [3.63, 3.8) is 0 Å². The van der Waals surface area contributed by atoms with Crippen LogP contribution >= 0.6 is 0 Å². The Bertz CT molecular complexity index is 1420. The molecule has 3 aromatic carbocycles. The number of ether oxygens (including phenoxy) is 2. The number of amides is 1. The molecule has 3 heterocycles. The van der Waals surface area contributed by atoms with Gasteiger partial charge in [0.15, 0.2) is 0 Å². The zero-order chi connectivity index (χ0) is 26.7. The molecule has 1 unspecified atom stereocenters. The maximum absolute atomic E-state index is 13.8. The van der Waals surface area contributed by atoms with Crippen LogP contribution in [0.4, 0.5) is 0 Å². The summed E-state index contributed by atoms with van der Waals surface area (Å²) in [5.74, 6) is 1.89. The van der Waals surface area contributed by atoms with Gasteiger partial charge in [-0.05, 0) is 54.3 Å². The fraction of sp³-hybridized carbons (Fsp3) is 0.344. The number of nitrogens with one attached hydrogen (secondary N) is 2. The Balaban J connectivity index is 1.23. The van der Waals surface area contributed by atoms with E-state index in [2.05, 4.69) is 44.4 Å². The van der Waals surface area contributed by atoms with Gasteiger partial charge in [0.25, 0.3) is 0 Å². The van der Waals surface area contributed by atoms with Crippen molar-refractivity contribution >= 4 is 16.8 Å². The molecule has 2 aliphatic heterocycles. The minimum absolute atomic E-state index is 0.148. The third kappa shape index (κ3) is 5.12. The molecule has 0 radical (unpaired) electrons. The first kappa shape index (κ1) is 25.5. The summed E-state index contributed by atoms with van der Waals surface area (Å²) in [5, 5.41) is 4.58. The van der Waals surface area contributed by atoms with Gasteiger partial charge in [-0.2, -0.15) is 0 Å². The average Bonchev–Trinajstić information content (AvgIpc) is 3.57. The van der Waals surface area contributed by atoms with Crippen LogP contribution in [0.5, 0.6) is 11.5 Å². The van der Waals surface area contributed by atoms with Gasteiger partial charge in [-0.3, -0.25) is 9.69 Å². The molecule has 39 heavy (non-hydrogen) atoms. The lowest BCUT2D eigenvalue weighted by atomic mass is 9.83. The third-order valence-electron chi connectivity index (χ3n) is 8.18. The Kier molecular flexibility index (Phi) is 7.26. The predicted molar refractivity (Wildman–Crippen MR) is 153 cm³/mol. The van der Waals surface area contributed by atoms with Gasteiger partial charge in [0.2, 0.25) is 5.91 Å². The van der Waals surface area contributed by atoms with E-state index in [4.69, 9.17) is 9.47 Å². The SMILES string of the molecule is COc1ccc2[nH]c3c(c2c1)CCN(C(=O)CNCc1ccccc1)C31CCN(CCOc2ccccc2)C1. The zero-order valence-corrected chi connectivity index (χ0v) is 22.5. The Morgan fingerprint density at radius 2 is 1.79 bits per heavy atom. The van der Waals surface area contributed by atoms with Gasteiger partial charge in [0.1, 0.15) is 18.1 Å². The maximum atomic E-state index is 13.8. The summed E-state index contributed by atoms with van der Waals surface area (Å²) in [5.41, 5.74) is 4.38. The van der Waals surface area contributed by atoms with Crippen LogP contribution in [-0.2, 0) is 23.3 Å². The second-order valence-corrected chi connectivity index (χ2v) is 10.5. The van der Waals surface area contributed by atoms with E-state index in [-0.39, 0.29) is 5.91 Å². The lowest BCUT2D eigenvalue weighted by Crippen LogP contribution is -2.56. The Labute approximate surface area is 229 Å². The number of fused-ring (bicyclic) bond motifs is 4. The lowest BCUT2D eigenvalue weighted by Gasteiger charge is -2.45. The van der Waals surface area contributed by atoms with Crippen molar-refractivity contribution in [2.75, 3.05) is 46.4 Å². The Morgan fingerprint density at radius 1 is 1.00 bits per heavy atom. The summed E-state index contributed by atoms with van der Waals surface area (Å²) in [7, 11) is 1.71. The number of likely N-dealkylation sites (tertiary alicyclic amines) is 1. The normalized spacial score (nSPS) is 18.9. The van der Waals surface area contributed by atoms with Crippen LogP contribution in [0.3, 0.4) is 0 Å². The first-order valence-corrected chi connectivity index (χ1v) is 13.8. The number of aromatic nitrogens is 1. The summed E-state index contributed by atoms with van der Waals surface area (Å²) in [6, 6.07) is 26.4. The van der Waals surface area contributed by atoms with E-state index in [1.807, 2.05) is 54.6 Å². The van der Waals surface area contributed by atoms with Crippen LogP contribution in [0.1, 0.15) is 23.2 Å². The summed E-state index contributed by atoms with van der Waals surface area (Å²) in [6.07, 6.45) is 1.71. The molecule has 7 heteroatoms. The molecule has 1 saturated heterocycles. The number of methoxy groups -OCH3 is 1. The first-order valence-electron chi connectivity index (χ1n) is 13.8. The topological polar surface area (TPSA) is 69.8 Å². The van der Waals surface area contributed by atoms with E-state index in [9.17, 15) is 4.79 Å². The molecule has 1 fully saturated rings. The number of benzene rings is 3. The number of hydrogen-bond donors (Lipinski definition) is 2. The molecule has 2 N–H and O–H groups in total. The minimum atomic E-state index is -0.391. The number of para-hydroxylation sites is 1. The lowest BCUT2D eigenvalue weighted by molar-refractivity contribution is -0.137. The fourth-order valence-electron chi connectivity index (χ4n) is 6.25. The van der Waals surface area contributed by atoms with E-state index in [0.29, 0.717) is 26.2 Å². The number of carbonyl (C=O) groups is 1. The quantitative estimate of drug-likeness (QED) is 0.341. The highest BCUT2D eigenvalue weighted by Crippen LogP contribution is 2.45. The molecule has 1 aromatic heterocycles. The van der Waals surface area contributed by atoms with Crippen molar-refractivity contribution in [1.29, 1.82) is 0 Å². The van der Waals surface area contributed by atoms with Gasteiger partial charge in [-0.15, -0.1) is 0 Å². The number of aromatic amines is 1. The molecule has 2 aliphatic rings. The highest BCUT2D eigenvalue weighted by Gasteiger charge is 2.50. The van der Waals surface area contributed by atoms with E-state index in [1.54, 1.807) is 7.11 Å². The van der Waals surface area contributed by atoms with Crippen LogP contribution in [0.15, 0.2) is 78.9 Å². The van der Waals surface area contributed by atoms with Crippen LogP contribution in [0.2, 0.25) is 0 Å². The maximum Gasteiger partial charge on any atom is 0.237 e. The van der Waals surface area contributed by atoms with Gasteiger partial charge < -0.3 is 24.7 Å². The summed E-state index contributed by atoms with van der Waals surface area (Å²) >= 11 is 0. The molecular formula is C32H36N4O3. The molecule has 1 atom stereocenters.